The van der Waals surface area contributed by atoms with Crippen LogP contribution in [0.1, 0.15) is 31.4 Å². The molecule has 1 aromatic carbocycles. The molecule has 30 heavy (non-hydrogen) atoms. The molecule has 0 aromatic heterocycles. The Labute approximate surface area is 176 Å². The first-order valence-electron chi connectivity index (χ1n) is 10.7. The van der Waals surface area contributed by atoms with Crippen molar-refractivity contribution in [2.75, 3.05) is 39.8 Å². The maximum absolute atomic E-state index is 12.7. The summed E-state index contributed by atoms with van der Waals surface area (Å²) in [6, 6.07) is 5.85. The van der Waals surface area contributed by atoms with Crippen molar-refractivity contribution in [3.63, 3.8) is 0 Å². The second kappa shape index (κ2) is 8.04. The Morgan fingerprint density at radius 3 is 2.43 bits per heavy atom. The smallest absolute Gasteiger partial charge is 0.377 e. The van der Waals surface area contributed by atoms with Crippen molar-refractivity contribution < 1.29 is 17.9 Å². The topological polar surface area (TPSA) is 40.1 Å². The third kappa shape index (κ3) is 4.04. The number of aliphatic imine (C=N–C) groups is 1. The Kier molecular flexibility index (Phi) is 5.74. The van der Waals surface area contributed by atoms with Gasteiger partial charge in [0.25, 0.3) is 0 Å². The highest BCUT2D eigenvalue weighted by Gasteiger charge is 2.59. The fraction of sp³-hybridized carbons (Fsp3) is 0.682. The lowest BCUT2D eigenvalue weighted by molar-refractivity contribution is -0.137. The molecule has 0 bridgehead atoms. The summed E-state index contributed by atoms with van der Waals surface area (Å²) in [4.78, 5) is 9.08. The van der Waals surface area contributed by atoms with E-state index >= 15 is 0 Å². The average Bonchev–Trinajstić information content (AvgIpc) is 3.16. The van der Waals surface area contributed by atoms with Crippen LogP contribution in [0.3, 0.4) is 0 Å². The molecule has 3 fully saturated rings. The monoisotopic (exact) mass is 424 g/mol. The molecule has 5 nitrogen and oxygen atoms in total. The fourth-order valence-corrected chi connectivity index (χ4v) is 5.23. The number of halogens is 3. The minimum absolute atomic E-state index is 0.0987. The first-order chi connectivity index (χ1) is 14.2. The predicted octanol–water partition coefficient (Wildman–Crippen LogP) is 3.21. The Morgan fingerprint density at radius 1 is 1.17 bits per heavy atom. The molecule has 0 amide bonds. The third-order valence-corrected chi connectivity index (χ3v) is 6.96. The summed E-state index contributed by atoms with van der Waals surface area (Å²) in [6.07, 6.45) is -2.84. The van der Waals surface area contributed by atoms with Gasteiger partial charge in [-0.25, -0.2) is 0 Å². The molecule has 8 heteroatoms. The molecule has 3 atom stereocenters. The molecule has 0 spiro atoms. The maximum Gasteiger partial charge on any atom is 0.416 e. The van der Waals surface area contributed by atoms with Crippen molar-refractivity contribution in [1.82, 2.24) is 15.1 Å². The predicted molar refractivity (Wildman–Crippen MR) is 110 cm³/mol. The lowest BCUT2D eigenvalue weighted by Gasteiger charge is -2.55. The van der Waals surface area contributed by atoms with Crippen LogP contribution in [0.2, 0.25) is 0 Å². The summed E-state index contributed by atoms with van der Waals surface area (Å²) in [5.74, 6) is 1.49. The SMILES string of the molecule is CN=C(NC1C2CCOC2C1(C)C)N1CCN(Cc2ccc(C(F)(F)F)cc2)CC1. The van der Waals surface area contributed by atoms with E-state index in [2.05, 4.69) is 34.0 Å². The van der Waals surface area contributed by atoms with Crippen molar-refractivity contribution in [3.05, 3.63) is 35.4 Å². The Morgan fingerprint density at radius 2 is 1.83 bits per heavy atom. The molecule has 0 radical (unpaired) electrons. The van der Waals surface area contributed by atoms with Crippen LogP contribution >= 0.6 is 0 Å². The maximum atomic E-state index is 12.7. The van der Waals surface area contributed by atoms with Gasteiger partial charge in [-0.1, -0.05) is 26.0 Å². The number of nitrogens with one attached hydrogen (secondary N) is 1. The van der Waals surface area contributed by atoms with Gasteiger partial charge in [0.15, 0.2) is 5.96 Å². The Bertz CT molecular complexity index is 770. The second-order valence-electron chi connectivity index (χ2n) is 9.19. The number of rotatable bonds is 3. The van der Waals surface area contributed by atoms with Crippen LogP contribution in [0.25, 0.3) is 0 Å². The van der Waals surface area contributed by atoms with Gasteiger partial charge in [-0.2, -0.15) is 13.2 Å². The van der Waals surface area contributed by atoms with Gasteiger partial charge in [0.1, 0.15) is 0 Å². The molecule has 4 rings (SSSR count). The summed E-state index contributed by atoms with van der Waals surface area (Å²) in [5.41, 5.74) is 0.406. The van der Waals surface area contributed by atoms with E-state index in [1.54, 1.807) is 12.1 Å². The highest BCUT2D eigenvalue weighted by atomic mass is 19.4. The number of guanidine groups is 1. The van der Waals surface area contributed by atoms with Gasteiger partial charge in [-0.05, 0) is 24.1 Å². The number of benzene rings is 1. The molecule has 1 aliphatic carbocycles. The van der Waals surface area contributed by atoms with Crippen LogP contribution in [0.5, 0.6) is 0 Å². The van der Waals surface area contributed by atoms with Crippen molar-refractivity contribution >= 4 is 5.96 Å². The highest BCUT2D eigenvalue weighted by molar-refractivity contribution is 5.80. The van der Waals surface area contributed by atoms with Gasteiger partial charge in [-0.3, -0.25) is 9.89 Å². The minimum atomic E-state index is -4.29. The van der Waals surface area contributed by atoms with Gasteiger partial charge < -0.3 is 15.0 Å². The molecule has 1 N–H and O–H groups in total. The van der Waals surface area contributed by atoms with Crippen molar-refractivity contribution in [3.8, 4) is 0 Å². The van der Waals surface area contributed by atoms with Crippen molar-refractivity contribution in [2.24, 2.45) is 16.3 Å². The van der Waals surface area contributed by atoms with Gasteiger partial charge in [-0.15, -0.1) is 0 Å². The molecule has 2 heterocycles. The first kappa shape index (κ1) is 21.4. The summed E-state index contributed by atoms with van der Waals surface area (Å²) in [6.45, 7) is 9.41. The normalized spacial score (nSPS) is 29.5. The van der Waals surface area contributed by atoms with Crippen molar-refractivity contribution in [2.45, 2.75) is 45.1 Å². The fourth-order valence-electron chi connectivity index (χ4n) is 5.23. The second-order valence-corrected chi connectivity index (χ2v) is 9.19. The molecular formula is C22H31F3N4O. The van der Waals surface area contributed by atoms with E-state index in [1.807, 2.05) is 7.05 Å². The quantitative estimate of drug-likeness (QED) is 0.598. The molecule has 3 unspecified atom stereocenters. The van der Waals surface area contributed by atoms with Crippen LogP contribution in [0.15, 0.2) is 29.3 Å². The Hall–Kier alpha value is -1.80. The van der Waals surface area contributed by atoms with E-state index in [9.17, 15) is 13.2 Å². The van der Waals surface area contributed by atoms with Crippen molar-refractivity contribution in [1.29, 1.82) is 0 Å². The number of hydrogen-bond acceptors (Lipinski definition) is 3. The number of nitrogens with zero attached hydrogens (tertiary/aromatic N) is 3. The lowest BCUT2D eigenvalue weighted by Crippen LogP contribution is -2.68. The largest absolute Gasteiger partial charge is 0.416 e. The lowest BCUT2D eigenvalue weighted by atomic mass is 9.57. The minimum Gasteiger partial charge on any atom is -0.377 e. The van der Waals surface area contributed by atoms with E-state index in [1.165, 1.54) is 0 Å². The number of alkyl halides is 3. The number of ether oxygens (including phenoxy) is 1. The van der Waals surface area contributed by atoms with E-state index in [0.29, 0.717) is 24.6 Å². The van der Waals surface area contributed by atoms with Gasteiger partial charge in [0.05, 0.1) is 11.7 Å². The summed E-state index contributed by atoms with van der Waals surface area (Å²) < 4.78 is 44.1. The molecule has 1 saturated carbocycles. The van der Waals surface area contributed by atoms with Gasteiger partial charge in [0, 0.05) is 63.8 Å². The van der Waals surface area contributed by atoms with E-state index in [-0.39, 0.29) is 5.41 Å². The standard InChI is InChI=1S/C22H31F3N4O/c1-21(2)18(17-8-13-30-19(17)21)27-20(26-3)29-11-9-28(10-12-29)14-15-4-6-16(7-5-15)22(23,24)25/h4-7,17-19H,8-14H2,1-3H3,(H,26,27). The summed E-state index contributed by atoms with van der Waals surface area (Å²) >= 11 is 0. The number of piperazine rings is 1. The average molecular weight is 425 g/mol. The highest BCUT2D eigenvalue weighted by Crippen LogP contribution is 2.52. The molecule has 2 saturated heterocycles. The molecule has 1 aromatic rings. The van der Waals surface area contributed by atoms with Gasteiger partial charge in [0.2, 0.25) is 0 Å². The Balaban J connectivity index is 1.29. The van der Waals surface area contributed by atoms with Crippen LogP contribution in [-0.2, 0) is 17.5 Å². The number of fused-ring (bicyclic) bond motifs is 1. The molecule has 166 valence electrons. The first-order valence-corrected chi connectivity index (χ1v) is 10.7. The van der Waals surface area contributed by atoms with E-state index < -0.39 is 11.7 Å². The zero-order valence-corrected chi connectivity index (χ0v) is 17.9. The zero-order chi connectivity index (χ0) is 21.5. The summed E-state index contributed by atoms with van der Waals surface area (Å²) in [7, 11) is 1.82. The zero-order valence-electron chi connectivity index (χ0n) is 17.9. The molecule has 2 aliphatic heterocycles. The molecular weight excluding hydrogens is 393 g/mol. The third-order valence-electron chi connectivity index (χ3n) is 6.96. The van der Waals surface area contributed by atoms with Crippen LogP contribution < -0.4 is 5.32 Å². The number of hydrogen-bond donors (Lipinski definition) is 1. The van der Waals surface area contributed by atoms with E-state index in [0.717, 1.165) is 62.9 Å². The summed E-state index contributed by atoms with van der Waals surface area (Å²) in [5, 5.41) is 3.69. The molecule has 3 aliphatic rings. The van der Waals surface area contributed by atoms with Gasteiger partial charge >= 0.3 is 6.18 Å². The van der Waals surface area contributed by atoms with Crippen LogP contribution in [0, 0.1) is 11.3 Å². The van der Waals surface area contributed by atoms with E-state index in [4.69, 9.17) is 4.74 Å². The van der Waals surface area contributed by atoms with Crippen LogP contribution in [0.4, 0.5) is 13.2 Å². The van der Waals surface area contributed by atoms with Crippen LogP contribution in [-0.4, -0.2) is 67.7 Å².